The van der Waals surface area contributed by atoms with Crippen LogP contribution in [0.1, 0.15) is 37.5 Å². The van der Waals surface area contributed by atoms with Gasteiger partial charge in [-0.2, -0.15) is 0 Å². The van der Waals surface area contributed by atoms with E-state index < -0.39 is 9.84 Å². The smallest absolute Gasteiger partial charge is 0.175 e. The molecule has 2 N–H and O–H groups in total. The van der Waals surface area contributed by atoms with Gasteiger partial charge in [-0.1, -0.05) is 62.1 Å². The second-order valence-electron chi connectivity index (χ2n) is 8.93. The van der Waals surface area contributed by atoms with E-state index in [0.717, 1.165) is 34.0 Å². The molecule has 36 heavy (non-hydrogen) atoms. The Morgan fingerprint density at radius 2 is 1.86 bits per heavy atom. The Balaban J connectivity index is 1.91. The highest BCUT2D eigenvalue weighted by atomic mass is 35.5. The van der Waals surface area contributed by atoms with Crippen LogP contribution in [0.4, 0.5) is 5.69 Å². The summed E-state index contributed by atoms with van der Waals surface area (Å²) in [6.07, 6.45) is 7.97. The van der Waals surface area contributed by atoms with Crippen LogP contribution in [0.5, 0.6) is 0 Å². The van der Waals surface area contributed by atoms with Gasteiger partial charge < -0.3 is 10.6 Å². The minimum atomic E-state index is -3.29. The van der Waals surface area contributed by atoms with Crippen LogP contribution in [0.3, 0.4) is 0 Å². The number of hydrogen-bond acceptors (Lipinski definition) is 6. The van der Waals surface area contributed by atoms with Gasteiger partial charge in [-0.15, -0.1) is 11.3 Å². The number of unbranched alkanes of at least 4 members (excludes halogenated alkanes) is 3. The van der Waals surface area contributed by atoms with Crippen LogP contribution >= 0.6 is 22.9 Å². The molecule has 0 fully saturated rings. The Morgan fingerprint density at radius 3 is 2.58 bits per heavy atom. The van der Waals surface area contributed by atoms with Gasteiger partial charge in [0.2, 0.25) is 0 Å². The van der Waals surface area contributed by atoms with E-state index in [1.807, 2.05) is 48.5 Å². The number of rotatable bonds is 12. The van der Waals surface area contributed by atoms with E-state index in [1.54, 1.807) is 18.2 Å². The standard InChI is InChI=1S/C28H34ClN3O2S2/c1-4-5-6-9-17-32(2)20-22(30)19-26(31-25-14-8-7-13-24(25)29)28-16-15-27(35-28)21-11-10-12-23(18-21)36(3,33)34/h7-8,10-16,18-19H,4-6,9,17,20,30H2,1-3H3. The molecule has 0 radical (unpaired) electrons. The monoisotopic (exact) mass is 543 g/mol. The number of allylic oxidation sites excluding steroid dienone is 1. The zero-order valence-corrected chi connectivity index (χ0v) is 23.5. The number of benzene rings is 2. The minimum Gasteiger partial charge on any atom is -0.401 e. The third-order valence-corrected chi connectivity index (χ3v) is 8.25. The zero-order chi connectivity index (χ0) is 26.1. The number of likely N-dealkylation sites (N-methyl/N-ethyl adjacent to an activating group) is 1. The molecule has 0 amide bonds. The fourth-order valence-corrected chi connectivity index (χ4v) is 5.57. The van der Waals surface area contributed by atoms with Gasteiger partial charge in [0, 0.05) is 23.4 Å². The van der Waals surface area contributed by atoms with E-state index in [4.69, 9.17) is 22.3 Å². The highest BCUT2D eigenvalue weighted by Gasteiger charge is 2.13. The summed E-state index contributed by atoms with van der Waals surface area (Å²) in [6, 6.07) is 18.4. The molecule has 2 aromatic carbocycles. The Labute approximate surface area is 224 Å². The van der Waals surface area contributed by atoms with Gasteiger partial charge in [-0.3, -0.25) is 0 Å². The Kier molecular flexibility index (Phi) is 10.3. The van der Waals surface area contributed by atoms with Gasteiger partial charge in [0.1, 0.15) is 0 Å². The molecule has 0 aliphatic heterocycles. The van der Waals surface area contributed by atoms with Crippen molar-refractivity contribution in [3.05, 3.63) is 82.3 Å². The van der Waals surface area contributed by atoms with E-state index in [2.05, 4.69) is 18.9 Å². The summed E-state index contributed by atoms with van der Waals surface area (Å²) >= 11 is 7.94. The van der Waals surface area contributed by atoms with Crippen molar-refractivity contribution in [3.63, 3.8) is 0 Å². The Hall–Kier alpha value is -2.45. The first-order valence-corrected chi connectivity index (χ1v) is 15.1. The first kappa shape index (κ1) is 28.1. The molecule has 0 aliphatic carbocycles. The van der Waals surface area contributed by atoms with Crippen LogP contribution in [0.25, 0.3) is 10.4 Å². The molecule has 1 aromatic heterocycles. The predicted molar refractivity (Wildman–Crippen MR) is 154 cm³/mol. The van der Waals surface area contributed by atoms with Gasteiger partial charge in [-0.05, 0) is 68.1 Å². The number of hydrogen-bond donors (Lipinski definition) is 1. The van der Waals surface area contributed by atoms with Crippen LogP contribution in [0.15, 0.2) is 82.3 Å². The Bertz CT molecular complexity index is 1330. The lowest BCUT2D eigenvalue weighted by Gasteiger charge is -2.16. The normalized spacial score (nSPS) is 12.9. The molecule has 3 aromatic rings. The van der Waals surface area contributed by atoms with E-state index in [1.165, 1.54) is 36.9 Å². The second kappa shape index (κ2) is 13.2. The van der Waals surface area contributed by atoms with Gasteiger partial charge in [-0.25, -0.2) is 13.4 Å². The molecule has 0 unspecified atom stereocenters. The van der Waals surface area contributed by atoms with Crippen molar-refractivity contribution in [2.75, 3.05) is 26.4 Å². The fraction of sp³-hybridized carbons (Fsp3) is 0.321. The van der Waals surface area contributed by atoms with Crippen molar-refractivity contribution in [1.82, 2.24) is 4.90 Å². The van der Waals surface area contributed by atoms with Crippen molar-refractivity contribution in [3.8, 4) is 10.4 Å². The van der Waals surface area contributed by atoms with Gasteiger partial charge in [0.15, 0.2) is 9.84 Å². The summed E-state index contributed by atoms with van der Waals surface area (Å²) in [5.74, 6) is 0. The van der Waals surface area contributed by atoms with E-state index in [9.17, 15) is 8.42 Å². The SMILES string of the molecule is CCCCCCN(C)CC(N)=CC(=Nc1ccccc1Cl)c1ccc(-c2cccc(S(C)(=O)=O)c2)s1. The molecule has 192 valence electrons. The second-order valence-corrected chi connectivity index (χ2v) is 12.4. The average molecular weight is 544 g/mol. The van der Waals surface area contributed by atoms with Gasteiger partial charge >= 0.3 is 0 Å². The van der Waals surface area contributed by atoms with Gasteiger partial charge in [0.05, 0.1) is 26.2 Å². The third-order valence-electron chi connectivity index (χ3n) is 5.67. The molecule has 5 nitrogen and oxygen atoms in total. The number of halogens is 1. The van der Waals surface area contributed by atoms with Crippen LogP contribution in [-0.2, 0) is 9.84 Å². The number of sulfone groups is 1. The van der Waals surface area contributed by atoms with Crippen molar-refractivity contribution in [1.29, 1.82) is 0 Å². The van der Waals surface area contributed by atoms with Crippen LogP contribution in [-0.4, -0.2) is 45.4 Å². The summed E-state index contributed by atoms with van der Waals surface area (Å²) in [6.45, 7) is 3.84. The topological polar surface area (TPSA) is 75.8 Å². The summed E-state index contributed by atoms with van der Waals surface area (Å²) in [7, 11) is -1.21. The summed E-state index contributed by atoms with van der Waals surface area (Å²) in [4.78, 5) is 9.24. The van der Waals surface area contributed by atoms with Crippen LogP contribution < -0.4 is 5.73 Å². The number of para-hydroxylation sites is 1. The number of thiophene rings is 1. The summed E-state index contributed by atoms with van der Waals surface area (Å²) in [5.41, 5.74) is 9.41. The van der Waals surface area contributed by atoms with Crippen molar-refractivity contribution in [2.45, 2.75) is 37.5 Å². The largest absolute Gasteiger partial charge is 0.401 e. The highest BCUT2D eigenvalue weighted by molar-refractivity contribution is 7.90. The summed E-state index contributed by atoms with van der Waals surface area (Å²) in [5, 5.41) is 0.563. The molecular weight excluding hydrogens is 510 g/mol. The van der Waals surface area contributed by atoms with Gasteiger partial charge in [0.25, 0.3) is 0 Å². The molecule has 0 atom stereocenters. The fourth-order valence-electron chi connectivity index (χ4n) is 3.76. The molecule has 0 saturated heterocycles. The lowest BCUT2D eigenvalue weighted by atomic mass is 10.2. The van der Waals surface area contributed by atoms with E-state index >= 15 is 0 Å². The van der Waals surface area contributed by atoms with Crippen LogP contribution in [0, 0.1) is 0 Å². The van der Waals surface area contributed by atoms with Crippen molar-refractivity contribution >= 4 is 44.2 Å². The van der Waals surface area contributed by atoms with E-state index in [0.29, 0.717) is 27.8 Å². The first-order chi connectivity index (χ1) is 17.2. The maximum atomic E-state index is 12.0. The first-order valence-electron chi connectivity index (χ1n) is 12.1. The van der Waals surface area contributed by atoms with Crippen molar-refractivity contribution < 1.29 is 8.42 Å². The molecule has 3 rings (SSSR count). The molecule has 0 aliphatic rings. The van der Waals surface area contributed by atoms with Crippen LogP contribution in [0.2, 0.25) is 5.02 Å². The zero-order valence-electron chi connectivity index (χ0n) is 21.1. The lowest BCUT2D eigenvalue weighted by molar-refractivity contribution is 0.349. The highest BCUT2D eigenvalue weighted by Crippen LogP contribution is 2.32. The number of aliphatic imine (C=N–C) groups is 1. The molecular formula is C28H34ClN3O2S2. The number of nitrogens with two attached hydrogens (primary N) is 1. The Morgan fingerprint density at radius 1 is 1.08 bits per heavy atom. The van der Waals surface area contributed by atoms with E-state index in [-0.39, 0.29) is 0 Å². The average Bonchev–Trinajstić information content (AvgIpc) is 3.33. The minimum absolute atomic E-state index is 0.297. The predicted octanol–water partition coefficient (Wildman–Crippen LogP) is 6.95. The third kappa shape index (κ3) is 8.30. The molecule has 8 heteroatoms. The number of nitrogens with zero attached hydrogens (tertiary/aromatic N) is 2. The molecule has 0 saturated carbocycles. The lowest BCUT2D eigenvalue weighted by Crippen LogP contribution is -2.25. The molecule has 1 heterocycles. The maximum Gasteiger partial charge on any atom is 0.175 e. The molecule has 0 spiro atoms. The molecule has 0 bridgehead atoms. The quantitative estimate of drug-likeness (QED) is 0.198. The van der Waals surface area contributed by atoms with Crippen molar-refractivity contribution in [2.24, 2.45) is 10.7 Å². The summed E-state index contributed by atoms with van der Waals surface area (Å²) < 4.78 is 24.0. The maximum absolute atomic E-state index is 12.0.